The van der Waals surface area contributed by atoms with E-state index < -0.39 is 11.7 Å². The third-order valence-electron chi connectivity index (χ3n) is 5.26. The van der Waals surface area contributed by atoms with Gasteiger partial charge >= 0.3 is 0 Å². The predicted octanol–water partition coefficient (Wildman–Crippen LogP) is 3.10. The molecule has 1 aliphatic rings. The van der Waals surface area contributed by atoms with Crippen molar-refractivity contribution in [1.82, 2.24) is 20.6 Å². The molecule has 4 N–H and O–H groups in total. The van der Waals surface area contributed by atoms with E-state index in [-0.39, 0.29) is 46.4 Å². The first-order valence-corrected chi connectivity index (χ1v) is 10.9. The van der Waals surface area contributed by atoms with Gasteiger partial charge in [0.1, 0.15) is 17.4 Å². The van der Waals surface area contributed by atoms with Crippen LogP contribution >= 0.6 is 11.6 Å². The summed E-state index contributed by atoms with van der Waals surface area (Å²) in [6, 6.07) is 9.34. The fraction of sp³-hybridized carbons (Fsp3) is 0.174. The molecule has 0 saturated carbocycles. The molecule has 0 spiro atoms. The molecule has 0 aliphatic carbocycles. The zero-order chi connectivity index (χ0) is 25.1. The van der Waals surface area contributed by atoms with Crippen LogP contribution in [0.2, 0.25) is 5.02 Å². The smallest absolute Gasteiger partial charge is 0.253 e. The highest BCUT2D eigenvalue weighted by atomic mass is 35.5. The van der Waals surface area contributed by atoms with Gasteiger partial charge in [0.25, 0.3) is 5.91 Å². The van der Waals surface area contributed by atoms with Crippen molar-refractivity contribution in [3.05, 3.63) is 64.6 Å². The maximum absolute atomic E-state index is 14.5. The number of carbonyl (C=O) groups is 3. The predicted molar refractivity (Wildman–Crippen MR) is 130 cm³/mol. The summed E-state index contributed by atoms with van der Waals surface area (Å²) in [5.74, 6) is -1.46. The minimum atomic E-state index is -0.659. The lowest BCUT2D eigenvalue weighted by atomic mass is 10.1. The number of amides is 3. The number of nitrogens with one attached hydrogen (secondary N) is 4. The van der Waals surface area contributed by atoms with Crippen molar-refractivity contribution in [2.24, 2.45) is 0 Å². The average Bonchev–Trinajstić information content (AvgIpc) is 3.00. The molecule has 0 radical (unpaired) electrons. The summed E-state index contributed by atoms with van der Waals surface area (Å²) >= 11 is 6.23. The average molecular weight is 498 g/mol. The zero-order valence-corrected chi connectivity index (χ0v) is 19.5. The van der Waals surface area contributed by atoms with Crippen molar-refractivity contribution in [2.75, 3.05) is 29.1 Å². The van der Waals surface area contributed by atoms with Crippen molar-refractivity contribution in [1.29, 1.82) is 0 Å². The number of fused-ring (bicyclic) bond motifs is 1. The van der Waals surface area contributed by atoms with Gasteiger partial charge in [-0.3, -0.25) is 14.4 Å². The van der Waals surface area contributed by atoms with Gasteiger partial charge in [0.05, 0.1) is 23.1 Å². The summed E-state index contributed by atoms with van der Waals surface area (Å²) in [6.07, 6.45) is 1.33. The molecule has 3 aromatic rings. The standard InChI is InChI=1S/C23H21ClFN7O3/c1-12(33)32-11-19(34)27-9-13-6-7-14(8-18(13)32)29-23-28-10-16(24)21(31-23)30-20-15(22(35)26-2)4-3-5-17(20)25/h3-8,10H,9,11H2,1-2H3,(H,26,35)(H,27,34)(H2,28,29,30,31). The summed E-state index contributed by atoms with van der Waals surface area (Å²) in [7, 11) is 1.44. The van der Waals surface area contributed by atoms with E-state index in [4.69, 9.17) is 11.6 Å². The van der Waals surface area contributed by atoms with E-state index in [9.17, 15) is 18.8 Å². The SMILES string of the molecule is CNC(=O)c1cccc(F)c1Nc1nc(Nc2ccc3c(c2)N(C(C)=O)CC(=O)NC3)ncc1Cl. The Hall–Kier alpha value is -4.25. The van der Waals surface area contributed by atoms with Crippen LogP contribution < -0.4 is 26.2 Å². The Morgan fingerprint density at radius 1 is 1.20 bits per heavy atom. The number of carbonyl (C=O) groups excluding carboxylic acids is 3. The second-order valence-corrected chi connectivity index (χ2v) is 8.01. The molecule has 4 rings (SSSR count). The second-order valence-electron chi connectivity index (χ2n) is 7.61. The third-order valence-corrected chi connectivity index (χ3v) is 5.54. The molecule has 12 heteroatoms. The fourth-order valence-electron chi connectivity index (χ4n) is 3.54. The molecule has 1 aliphatic heterocycles. The van der Waals surface area contributed by atoms with Crippen molar-refractivity contribution in [3.8, 4) is 0 Å². The summed E-state index contributed by atoms with van der Waals surface area (Å²) in [5.41, 5.74) is 1.90. The highest BCUT2D eigenvalue weighted by Crippen LogP contribution is 2.31. The van der Waals surface area contributed by atoms with Crippen LogP contribution in [0.15, 0.2) is 42.6 Å². The molecule has 10 nitrogen and oxygen atoms in total. The van der Waals surface area contributed by atoms with Crippen LogP contribution in [0.4, 0.5) is 33.2 Å². The fourth-order valence-corrected chi connectivity index (χ4v) is 3.68. The van der Waals surface area contributed by atoms with Gasteiger partial charge in [0, 0.05) is 26.2 Å². The number of hydrogen-bond donors (Lipinski definition) is 4. The number of benzene rings is 2. The van der Waals surface area contributed by atoms with Crippen LogP contribution in [0.5, 0.6) is 0 Å². The molecule has 0 fully saturated rings. The Balaban J connectivity index is 1.64. The van der Waals surface area contributed by atoms with E-state index in [1.807, 2.05) is 0 Å². The van der Waals surface area contributed by atoms with Gasteiger partial charge in [-0.1, -0.05) is 23.7 Å². The highest BCUT2D eigenvalue weighted by Gasteiger charge is 2.23. The van der Waals surface area contributed by atoms with Crippen molar-refractivity contribution >= 4 is 58.2 Å². The van der Waals surface area contributed by atoms with E-state index in [1.54, 1.807) is 18.2 Å². The van der Waals surface area contributed by atoms with Gasteiger partial charge in [-0.15, -0.1) is 0 Å². The van der Waals surface area contributed by atoms with Crippen LogP contribution in [0, 0.1) is 5.82 Å². The Kier molecular flexibility index (Phi) is 6.78. The lowest BCUT2D eigenvalue weighted by Gasteiger charge is -2.21. The van der Waals surface area contributed by atoms with Gasteiger partial charge < -0.3 is 26.2 Å². The van der Waals surface area contributed by atoms with Crippen LogP contribution in [-0.4, -0.2) is 41.3 Å². The molecule has 0 atom stereocenters. The van der Waals surface area contributed by atoms with E-state index in [2.05, 4.69) is 31.2 Å². The molecular weight excluding hydrogens is 477 g/mol. The van der Waals surface area contributed by atoms with Gasteiger partial charge in [-0.05, 0) is 29.8 Å². The van der Waals surface area contributed by atoms with Gasteiger partial charge in [0.2, 0.25) is 17.8 Å². The first kappa shape index (κ1) is 23.9. The van der Waals surface area contributed by atoms with Crippen LogP contribution in [-0.2, 0) is 16.1 Å². The molecule has 0 bridgehead atoms. The maximum atomic E-state index is 14.5. The summed E-state index contributed by atoms with van der Waals surface area (Å²) in [5, 5.41) is 11.1. The largest absolute Gasteiger partial charge is 0.355 e. The van der Waals surface area contributed by atoms with Crippen molar-refractivity contribution < 1.29 is 18.8 Å². The van der Waals surface area contributed by atoms with E-state index in [0.29, 0.717) is 17.9 Å². The molecule has 2 aromatic carbocycles. The molecule has 180 valence electrons. The Bertz CT molecular complexity index is 1330. The molecule has 2 heterocycles. The first-order valence-electron chi connectivity index (χ1n) is 10.5. The normalized spacial score (nSPS) is 12.8. The quantitative estimate of drug-likeness (QED) is 0.426. The molecule has 3 amide bonds. The third kappa shape index (κ3) is 5.14. The van der Waals surface area contributed by atoms with Crippen LogP contribution in [0.1, 0.15) is 22.8 Å². The second kappa shape index (κ2) is 9.94. The molecule has 0 saturated heterocycles. The van der Waals surface area contributed by atoms with E-state index in [0.717, 1.165) is 5.56 Å². The molecular formula is C23H21ClFN7O3. The monoisotopic (exact) mass is 497 g/mol. The van der Waals surface area contributed by atoms with Crippen molar-refractivity contribution in [2.45, 2.75) is 13.5 Å². The van der Waals surface area contributed by atoms with Gasteiger partial charge in [-0.2, -0.15) is 4.98 Å². The molecule has 0 unspecified atom stereocenters. The number of aromatic nitrogens is 2. The van der Waals surface area contributed by atoms with Gasteiger partial charge in [0.15, 0.2) is 5.82 Å². The Morgan fingerprint density at radius 3 is 2.74 bits per heavy atom. The number of para-hydroxylation sites is 1. The zero-order valence-electron chi connectivity index (χ0n) is 18.8. The Labute approximate surface area is 204 Å². The highest BCUT2D eigenvalue weighted by molar-refractivity contribution is 6.33. The Morgan fingerprint density at radius 2 is 2.00 bits per heavy atom. The molecule has 1 aromatic heterocycles. The minimum Gasteiger partial charge on any atom is -0.355 e. The number of anilines is 5. The van der Waals surface area contributed by atoms with E-state index in [1.165, 1.54) is 43.3 Å². The summed E-state index contributed by atoms with van der Waals surface area (Å²) < 4.78 is 14.5. The number of halogens is 2. The number of nitrogens with zero attached hydrogens (tertiary/aromatic N) is 3. The van der Waals surface area contributed by atoms with Gasteiger partial charge in [-0.25, -0.2) is 9.37 Å². The first-order chi connectivity index (χ1) is 16.8. The van der Waals surface area contributed by atoms with Crippen molar-refractivity contribution in [3.63, 3.8) is 0 Å². The van der Waals surface area contributed by atoms with Crippen LogP contribution in [0.25, 0.3) is 0 Å². The van der Waals surface area contributed by atoms with Crippen LogP contribution in [0.3, 0.4) is 0 Å². The van der Waals surface area contributed by atoms with E-state index >= 15 is 0 Å². The lowest BCUT2D eigenvalue weighted by molar-refractivity contribution is -0.122. The summed E-state index contributed by atoms with van der Waals surface area (Å²) in [6.45, 7) is 1.59. The lowest BCUT2D eigenvalue weighted by Crippen LogP contribution is -2.36. The topological polar surface area (TPSA) is 128 Å². The number of rotatable bonds is 5. The summed E-state index contributed by atoms with van der Waals surface area (Å²) in [4.78, 5) is 46.1. The maximum Gasteiger partial charge on any atom is 0.253 e. The molecule has 35 heavy (non-hydrogen) atoms. The number of hydrogen-bond acceptors (Lipinski definition) is 7. The minimum absolute atomic E-state index is 0.0781.